The first-order valence-corrected chi connectivity index (χ1v) is 10.1. The Morgan fingerprint density at radius 2 is 1.92 bits per heavy atom. The average Bonchev–Trinajstić information content (AvgIpc) is 3.13. The molecule has 1 aliphatic rings. The molecule has 1 aromatic carbocycles. The highest BCUT2D eigenvalue weighted by Gasteiger charge is 2.26. The molecule has 1 aliphatic carbocycles. The van der Waals surface area contributed by atoms with Gasteiger partial charge < -0.3 is 4.90 Å². The number of thiazole rings is 1. The number of rotatable bonds is 5. The van der Waals surface area contributed by atoms with Gasteiger partial charge in [0.1, 0.15) is 24.6 Å². The normalized spacial score (nSPS) is 16.8. The van der Waals surface area contributed by atoms with Crippen molar-refractivity contribution >= 4 is 16.3 Å². The molecule has 0 bridgehead atoms. The minimum Gasteiger partial charge on any atom is -0.324 e. The van der Waals surface area contributed by atoms with Crippen molar-refractivity contribution in [1.29, 1.82) is 0 Å². The van der Waals surface area contributed by atoms with E-state index in [0.29, 0.717) is 6.04 Å². The highest BCUT2D eigenvalue weighted by Crippen LogP contribution is 2.16. The number of nitrogens with zero attached hydrogens (tertiary/aromatic N) is 2. The van der Waals surface area contributed by atoms with Crippen LogP contribution in [0.2, 0.25) is 0 Å². The Morgan fingerprint density at radius 1 is 1.15 bits per heavy atom. The molecule has 2 heterocycles. The monoisotopic (exact) mass is 372 g/mol. The van der Waals surface area contributed by atoms with Gasteiger partial charge in [0.2, 0.25) is 0 Å². The third-order valence-electron chi connectivity index (χ3n) is 5.29. The lowest BCUT2D eigenvalue weighted by Crippen LogP contribution is -3.13. The number of hydrogen-bond acceptors (Lipinski definition) is 3. The number of fused-ring (bicyclic) bond motifs is 1. The van der Waals surface area contributed by atoms with Crippen LogP contribution in [0.3, 0.4) is 0 Å². The van der Waals surface area contributed by atoms with Crippen molar-refractivity contribution in [2.75, 3.05) is 0 Å². The summed E-state index contributed by atoms with van der Waals surface area (Å²) >= 11 is 1.48. The molecule has 0 aliphatic heterocycles. The Labute approximate surface area is 155 Å². The Balaban J connectivity index is 1.60. The Kier molecular flexibility index (Phi) is 5.13. The zero-order chi connectivity index (χ0) is 17.9. The molecule has 3 aromatic rings. The van der Waals surface area contributed by atoms with E-state index in [2.05, 4.69) is 4.98 Å². The molecule has 6 heteroatoms. The van der Waals surface area contributed by atoms with Crippen LogP contribution < -0.4 is 10.5 Å². The van der Waals surface area contributed by atoms with Crippen molar-refractivity contribution < 1.29 is 9.29 Å². The quantitative estimate of drug-likeness (QED) is 0.748. The van der Waals surface area contributed by atoms with E-state index in [4.69, 9.17) is 0 Å². The number of hydrogen-bond donors (Lipinski definition) is 1. The van der Waals surface area contributed by atoms with Crippen LogP contribution >= 0.6 is 11.3 Å². The van der Waals surface area contributed by atoms with Crippen molar-refractivity contribution in [1.82, 2.24) is 9.38 Å². The van der Waals surface area contributed by atoms with Gasteiger partial charge in [-0.15, -0.1) is 11.3 Å². The maximum atomic E-state index is 13.2. The molecule has 1 saturated carbocycles. The lowest BCUT2D eigenvalue weighted by molar-refractivity contribution is -0.953. The van der Waals surface area contributed by atoms with Gasteiger partial charge in [-0.25, -0.2) is 9.37 Å². The number of nitrogens with one attached hydrogen (secondary N) is 1. The fraction of sp³-hybridized carbons (Fsp3) is 0.400. The molecule has 1 atom stereocenters. The number of halogens is 1. The summed E-state index contributed by atoms with van der Waals surface area (Å²) < 4.78 is 14.8. The number of aromatic nitrogens is 2. The van der Waals surface area contributed by atoms with Gasteiger partial charge in [-0.05, 0) is 37.8 Å². The molecule has 2 aromatic heterocycles. The Hall–Kier alpha value is -2.05. The van der Waals surface area contributed by atoms with Crippen molar-refractivity contribution in [3.8, 4) is 0 Å². The molecule has 0 saturated heterocycles. The third kappa shape index (κ3) is 3.86. The van der Waals surface area contributed by atoms with E-state index in [1.54, 1.807) is 16.7 Å². The van der Waals surface area contributed by atoms with Gasteiger partial charge in [0.15, 0.2) is 4.96 Å². The second-order valence-electron chi connectivity index (χ2n) is 7.11. The average molecular weight is 372 g/mol. The molecule has 136 valence electrons. The lowest BCUT2D eigenvalue weighted by atomic mass is 9.93. The highest BCUT2D eigenvalue weighted by atomic mass is 32.1. The smallest absolute Gasteiger partial charge is 0.258 e. The van der Waals surface area contributed by atoms with Crippen LogP contribution in [0.4, 0.5) is 4.39 Å². The summed E-state index contributed by atoms with van der Waals surface area (Å²) in [5.74, 6) is -0.203. The summed E-state index contributed by atoms with van der Waals surface area (Å²) in [6.07, 6.45) is 8.01. The van der Waals surface area contributed by atoms with E-state index < -0.39 is 0 Å². The van der Waals surface area contributed by atoms with E-state index in [9.17, 15) is 9.18 Å². The predicted molar refractivity (Wildman–Crippen MR) is 101 cm³/mol. The van der Waals surface area contributed by atoms with E-state index in [0.717, 1.165) is 29.3 Å². The van der Waals surface area contributed by atoms with Crippen LogP contribution in [0.15, 0.2) is 46.7 Å². The number of benzene rings is 1. The topological polar surface area (TPSA) is 38.8 Å². The minimum atomic E-state index is -0.203. The molecule has 0 amide bonds. The van der Waals surface area contributed by atoms with Crippen LogP contribution in [-0.2, 0) is 13.1 Å². The van der Waals surface area contributed by atoms with Crippen LogP contribution in [0.1, 0.15) is 43.4 Å². The molecular weight excluding hydrogens is 349 g/mol. The SMILES string of the molecule is O=c1cc(C[NH+](Cc2ccc(F)cc2)C2CCCCC2)nc2sccn12. The Morgan fingerprint density at radius 3 is 2.69 bits per heavy atom. The maximum Gasteiger partial charge on any atom is 0.258 e. The molecular formula is C20H23FN3OS+. The molecule has 1 unspecified atom stereocenters. The first kappa shape index (κ1) is 17.4. The minimum absolute atomic E-state index is 0.0176. The van der Waals surface area contributed by atoms with Crippen LogP contribution in [0.5, 0.6) is 0 Å². The molecule has 4 nitrogen and oxygen atoms in total. The van der Waals surface area contributed by atoms with E-state index >= 15 is 0 Å². The van der Waals surface area contributed by atoms with Crippen LogP contribution in [0, 0.1) is 5.82 Å². The fourth-order valence-electron chi connectivity index (χ4n) is 3.94. The molecule has 1 fully saturated rings. The summed E-state index contributed by atoms with van der Waals surface area (Å²) in [5, 5.41) is 1.89. The zero-order valence-corrected chi connectivity index (χ0v) is 15.5. The molecule has 1 N–H and O–H groups in total. The zero-order valence-electron chi connectivity index (χ0n) is 14.7. The van der Waals surface area contributed by atoms with Gasteiger partial charge in [-0.1, -0.05) is 18.6 Å². The standard InChI is InChI=1S/C20H22FN3OS/c21-16-8-6-15(7-9-16)13-23(18-4-2-1-3-5-18)14-17-12-19(25)24-10-11-26-20(24)22-17/h6-12,18H,1-5,13-14H2/p+1. The molecule has 26 heavy (non-hydrogen) atoms. The van der Waals surface area contributed by atoms with Gasteiger partial charge in [0.25, 0.3) is 5.56 Å². The summed E-state index contributed by atoms with van der Waals surface area (Å²) in [6, 6.07) is 9.00. The van der Waals surface area contributed by atoms with E-state index in [1.807, 2.05) is 17.5 Å². The second kappa shape index (κ2) is 7.68. The second-order valence-corrected chi connectivity index (χ2v) is 7.99. The molecule has 0 spiro atoms. The number of quaternary nitrogens is 1. The molecule has 0 radical (unpaired) electrons. The summed E-state index contributed by atoms with van der Waals surface area (Å²) in [4.78, 5) is 19.1. The van der Waals surface area contributed by atoms with Crippen LogP contribution in [-0.4, -0.2) is 15.4 Å². The van der Waals surface area contributed by atoms with Gasteiger partial charge in [0, 0.05) is 23.2 Å². The van der Waals surface area contributed by atoms with Crippen molar-refractivity contribution in [2.45, 2.75) is 51.2 Å². The summed E-state index contributed by atoms with van der Waals surface area (Å²) in [6.45, 7) is 1.56. The van der Waals surface area contributed by atoms with Crippen molar-refractivity contribution in [3.05, 3.63) is 69.3 Å². The maximum absolute atomic E-state index is 13.2. The Bertz CT molecular complexity index is 928. The lowest BCUT2D eigenvalue weighted by Gasteiger charge is -2.31. The van der Waals surface area contributed by atoms with Crippen molar-refractivity contribution in [2.24, 2.45) is 0 Å². The van der Waals surface area contributed by atoms with Gasteiger partial charge in [-0.3, -0.25) is 9.20 Å². The first-order chi connectivity index (χ1) is 12.7. The largest absolute Gasteiger partial charge is 0.324 e. The van der Waals surface area contributed by atoms with Gasteiger partial charge in [-0.2, -0.15) is 0 Å². The van der Waals surface area contributed by atoms with E-state index in [1.165, 1.54) is 60.5 Å². The summed E-state index contributed by atoms with van der Waals surface area (Å²) in [5.41, 5.74) is 1.96. The van der Waals surface area contributed by atoms with Gasteiger partial charge in [0.05, 0.1) is 6.04 Å². The van der Waals surface area contributed by atoms with Crippen molar-refractivity contribution in [3.63, 3.8) is 0 Å². The van der Waals surface area contributed by atoms with E-state index in [-0.39, 0.29) is 11.4 Å². The third-order valence-corrected chi connectivity index (χ3v) is 6.05. The summed E-state index contributed by atoms with van der Waals surface area (Å²) in [7, 11) is 0. The first-order valence-electron chi connectivity index (χ1n) is 9.24. The highest BCUT2D eigenvalue weighted by molar-refractivity contribution is 7.15. The molecule has 4 rings (SSSR count). The predicted octanol–water partition coefficient (Wildman–Crippen LogP) is 2.81. The fourth-order valence-corrected chi connectivity index (χ4v) is 4.68. The van der Waals surface area contributed by atoms with Gasteiger partial charge >= 0.3 is 0 Å². The van der Waals surface area contributed by atoms with Crippen LogP contribution in [0.25, 0.3) is 4.96 Å².